The lowest BCUT2D eigenvalue weighted by atomic mass is 9.98. The van der Waals surface area contributed by atoms with E-state index in [1.165, 1.54) is 13.3 Å². The zero-order valence-electron chi connectivity index (χ0n) is 21.7. The van der Waals surface area contributed by atoms with Crippen LogP contribution in [0.5, 0.6) is 0 Å². The number of rotatable bonds is 6. The van der Waals surface area contributed by atoms with Crippen molar-refractivity contribution >= 4 is 11.8 Å². The van der Waals surface area contributed by atoms with E-state index in [1.807, 2.05) is 50.2 Å². The van der Waals surface area contributed by atoms with Crippen molar-refractivity contribution in [3.05, 3.63) is 77.7 Å². The Balaban J connectivity index is 1.30. The SMILES string of the molecule is COC(=O)c1ccc(-c2ccc(CN3C[C@H](Nc4cncc(C(F)(F)F)n4)[C@H]4OC(C)(C)O[C@H]4C3)cc2)cc1. The number of piperidine rings is 1. The minimum atomic E-state index is -4.59. The maximum absolute atomic E-state index is 13.2. The van der Waals surface area contributed by atoms with E-state index in [0.717, 1.165) is 16.7 Å². The van der Waals surface area contributed by atoms with Gasteiger partial charge in [-0.15, -0.1) is 0 Å². The van der Waals surface area contributed by atoms with E-state index in [0.29, 0.717) is 31.4 Å². The average Bonchev–Trinajstić information content (AvgIpc) is 3.22. The Morgan fingerprint density at radius 3 is 2.36 bits per heavy atom. The molecule has 2 saturated heterocycles. The summed E-state index contributed by atoms with van der Waals surface area (Å²) in [4.78, 5) is 21.3. The van der Waals surface area contributed by atoms with Gasteiger partial charge in [-0.25, -0.2) is 9.78 Å². The molecule has 0 saturated carbocycles. The van der Waals surface area contributed by atoms with Gasteiger partial charge >= 0.3 is 12.1 Å². The van der Waals surface area contributed by atoms with Gasteiger partial charge in [0.15, 0.2) is 11.5 Å². The Labute approximate surface area is 224 Å². The molecule has 2 aliphatic heterocycles. The van der Waals surface area contributed by atoms with Crippen LogP contribution < -0.4 is 5.32 Å². The summed E-state index contributed by atoms with van der Waals surface area (Å²) in [5.41, 5.74) is 2.48. The molecule has 0 bridgehead atoms. The number of methoxy groups -OCH3 is 1. The first-order valence-electron chi connectivity index (χ1n) is 12.5. The maximum atomic E-state index is 13.2. The van der Waals surface area contributed by atoms with Crippen molar-refractivity contribution in [1.82, 2.24) is 14.9 Å². The third kappa shape index (κ3) is 6.21. The number of likely N-dealkylation sites (tertiary alicyclic amines) is 1. The first-order chi connectivity index (χ1) is 18.5. The molecule has 2 aromatic carbocycles. The van der Waals surface area contributed by atoms with Gasteiger partial charge in [0.25, 0.3) is 0 Å². The smallest absolute Gasteiger partial charge is 0.434 e. The number of aromatic nitrogens is 2. The fourth-order valence-electron chi connectivity index (χ4n) is 5.05. The van der Waals surface area contributed by atoms with Crippen LogP contribution in [-0.4, -0.2) is 65.1 Å². The summed E-state index contributed by atoms with van der Waals surface area (Å²) in [6, 6.07) is 14.9. The van der Waals surface area contributed by atoms with Crippen LogP contribution in [0.1, 0.15) is 35.5 Å². The zero-order valence-corrected chi connectivity index (χ0v) is 21.7. The van der Waals surface area contributed by atoms with Crippen molar-refractivity contribution in [1.29, 1.82) is 0 Å². The second-order valence-corrected chi connectivity index (χ2v) is 10.1. The second kappa shape index (κ2) is 10.6. The molecule has 1 aromatic heterocycles. The third-order valence-electron chi connectivity index (χ3n) is 6.77. The molecule has 11 heteroatoms. The molecular weight excluding hydrogens is 513 g/mol. The van der Waals surface area contributed by atoms with Crippen LogP contribution in [0.3, 0.4) is 0 Å². The van der Waals surface area contributed by atoms with Crippen LogP contribution in [-0.2, 0) is 26.9 Å². The largest absolute Gasteiger partial charge is 0.465 e. The summed E-state index contributed by atoms with van der Waals surface area (Å²) >= 11 is 0. The molecule has 0 unspecified atom stereocenters. The number of benzene rings is 2. The number of halogens is 3. The number of carbonyl (C=O) groups excluding carboxylic acids is 1. The number of hydrogen-bond donors (Lipinski definition) is 1. The van der Waals surface area contributed by atoms with E-state index < -0.39 is 17.7 Å². The molecule has 2 fully saturated rings. The highest BCUT2D eigenvalue weighted by Gasteiger charge is 2.49. The van der Waals surface area contributed by atoms with Crippen molar-refractivity contribution < 1.29 is 32.2 Å². The topological polar surface area (TPSA) is 85.8 Å². The quantitative estimate of drug-likeness (QED) is 0.446. The number of hydrogen-bond acceptors (Lipinski definition) is 8. The number of fused-ring (bicyclic) bond motifs is 1. The van der Waals surface area contributed by atoms with Gasteiger partial charge in [-0.2, -0.15) is 13.2 Å². The molecule has 206 valence electrons. The van der Waals surface area contributed by atoms with Crippen LogP contribution in [0.2, 0.25) is 0 Å². The van der Waals surface area contributed by atoms with E-state index in [-0.39, 0.29) is 30.0 Å². The Morgan fingerprint density at radius 1 is 1.05 bits per heavy atom. The zero-order chi connectivity index (χ0) is 27.8. The highest BCUT2D eigenvalue weighted by molar-refractivity contribution is 5.89. The first-order valence-corrected chi connectivity index (χ1v) is 12.5. The molecule has 5 rings (SSSR count). The average molecular weight is 543 g/mol. The summed E-state index contributed by atoms with van der Waals surface area (Å²) < 4.78 is 56.5. The van der Waals surface area contributed by atoms with Crippen LogP contribution in [0.25, 0.3) is 11.1 Å². The lowest BCUT2D eigenvalue weighted by molar-refractivity contribution is -0.145. The molecule has 8 nitrogen and oxygen atoms in total. The Kier molecular flexibility index (Phi) is 7.32. The van der Waals surface area contributed by atoms with Crippen LogP contribution in [0, 0.1) is 0 Å². The lowest BCUT2D eigenvalue weighted by Crippen LogP contribution is -2.56. The molecule has 0 radical (unpaired) electrons. The Bertz CT molecular complexity index is 1320. The van der Waals surface area contributed by atoms with Crippen molar-refractivity contribution in [3.63, 3.8) is 0 Å². The fourth-order valence-corrected chi connectivity index (χ4v) is 5.05. The minimum absolute atomic E-state index is 0.0336. The van der Waals surface area contributed by atoms with Gasteiger partial charge in [-0.1, -0.05) is 36.4 Å². The molecule has 39 heavy (non-hydrogen) atoms. The number of esters is 1. The number of nitrogens with zero attached hydrogens (tertiary/aromatic N) is 3. The minimum Gasteiger partial charge on any atom is -0.465 e. The number of alkyl halides is 3. The van der Waals surface area contributed by atoms with Crippen LogP contribution in [0.4, 0.5) is 19.0 Å². The molecule has 2 aliphatic rings. The standard InChI is InChI=1S/C28H29F3N4O4/c1-27(2)38-22-16-35(15-21(25(22)39-27)33-24-13-32-12-23(34-24)28(29,30)31)14-17-4-6-18(7-5-17)19-8-10-20(11-9-19)26(36)37-3/h4-13,21-22,25H,14-16H2,1-3H3,(H,33,34)/t21-,22-,25+/m0/s1. The Morgan fingerprint density at radius 2 is 1.72 bits per heavy atom. The molecule has 0 aliphatic carbocycles. The van der Waals surface area contributed by atoms with Gasteiger partial charge in [0.2, 0.25) is 0 Å². The molecule has 0 spiro atoms. The first kappa shape index (κ1) is 27.0. The molecule has 3 heterocycles. The molecular formula is C28H29F3N4O4. The summed E-state index contributed by atoms with van der Waals surface area (Å²) in [6.07, 6.45) is -3.23. The highest BCUT2D eigenvalue weighted by atomic mass is 19.4. The number of carbonyl (C=O) groups is 1. The highest BCUT2D eigenvalue weighted by Crippen LogP contribution is 2.35. The van der Waals surface area contributed by atoms with E-state index in [2.05, 4.69) is 20.2 Å². The van der Waals surface area contributed by atoms with Gasteiger partial charge in [-0.05, 0) is 42.7 Å². The summed E-state index contributed by atoms with van der Waals surface area (Å²) in [5, 5.41) is 3.11. The summed E-state index contributed by atoms with van der Waals surface area (Å²) in [5.74, 6) is -1.16. The monoisotopic (exact) mass is 542 g/mol. The van der Waals surface area contributed by atoms with E-state index in [1.54, 1.807) is 12.1 Å². The van der Waals surface area contributed by atoms with Gasteiger partial charge < -0.3 is 19.5 Å². The normalized spacial score (nSPS) is 22.8. The summed E-state index contributed by atoms with van der Waals surface area (Å²) in [6.45, 7) is 5.38. The van der Waals surface area contributed by atoms with Gasteiger partial charge in [0, 0.05) is 19.6 Å². The maximum Gasteiger partial charge on any atom is 0.434 e. The molecule has 0 amide bonds. The number of anilines is 1. The Hall–Kier alpha value is -3.54. The summed E-state index contributed by atoms with van der Waals surface area (Å²) in [7, 11) is 1.35. The van der Waals surface area contributed by atoms with Crippen LogP contribution >= 0.6 is 0 Å². The van der Waals surface area contributed by atoms with Crippen molar-refractivity contribution in [3.8, 4) is 11.1 Å². The predicted octanol–water partition coefficient (Wildman–Crippen LogP) is 4.77. The van der Waals surface area contributed by atoms with E-state index in [9.17, 15) is 18.0 Å². The lowest BCUT2D eigenvalue weighted by Gasteiger charge is -2.39. The fraction of sp³-hybridized carbons (Fsp3) is 0.393. The van der Waals surface area contributed by atoms with Crippen LogP contribution in [0.15, 0.2) is 60.9 Å². The number of ether oxygens (including phenoxy) is 3. The third-order valence-corrected chi connectivity index (χ3v) is 6.77. The molecule has 1 N–H and O–H groups in total. The van der Waals surface area contributed by atoms with Crippen molar-refractivity contribution in [2.24, 2.45) is 0 Å². The van der Waals surface area contributed by atoms with E-state index >= 15 is 0 Å². The van der Waals surface area contributed by atoms with Gasteiger partial charge in [0.05, 0.1) is 31.1 Å². The molecule has 3 aromatic rings. The van der Waals surface area contributed by atoms with E-state index in [4.69, 9.17) is 14.2 Å². The predicted molar refractivity (Wildman–Crippen MR) is 137 cm³/mol. The number of nitrogens with one attached hydrogen (secondary N) is 1. The second-order valence-electron chi connectivity index (χ2n) is 10.1. The van der Waals surface area contributed by atoms with Gasteiger partial charge in [-0.3, -0.25) is 9.88 Å². The van der Waals surface area contributed by atoms with Crippen molar-refractivity contribution in [2.45, 2.75) is 50.6 Å². The molecule has 3 atom stereocenters. The van der Waals surface area contributed by atoms with Gasteiger partial charge in [0.1, 0.15) is 18.0 Å². The van der Waals surface area contributed by atoms with Crippen molar-refractivity contribution in [2.75, 3.05) is 25.5 Å².